The van der Waals surface area contributed by atoms with Crippen LogP contribution in [0.5, 0.6) is 0 Å². The third kappa shape index (κ3) is 5.13. The Morgan fingerprint density at radius 2 is 1.83 bits per heavy atom. The van der Waals surface area contributed by atoms with Crippen molar-refractivity contribution < 1.29 is 9.53 Å². The van der Waals surface area contributed by atoms with Crippen molar-refractivity contribution >= 4 is 5.91 Å². The molecule has 1 heterocycles. The van der Waals surface area contributed by atoms with Crippen molar-refractivity contribution in [1.29, 1.82) is 0 Å². The van der Waals surface area contributed by atoms with Gasteiger partial charge in [0.05, 0.1) is 0 Å². The Morgan fingerprint density at radius 3 is 2.25 bits per heavy atom. The zero-order valence-electron chi connectivity index (χ0n) is 8.22. The second kappa shape index (κ2) is 7.10. The van der Waals surface area contributed by atoms with Crippen molar-refractivity contribution in [2.45, 2.75) is 39.7 Å². The summed E-state index contributed by atoms with van der Waals surface area (Å²) >= 11 is 0. The van der Waals surface area contributed by atoms with E-state index in [-0.39, 0.29) is 5.91 Å². The van der Waals surface area contributed by atoms with E-state index in [4.69, 9.17) is 4.74 Å². The number of rotatable bonds is 1. The quantitative estimate of drug-likeness (QED) is 0.649. The molecule has 12 heavy (non-hydrogen) atoms. The first-order chi connectivity index (χ1) is 5.79. The Labute approximate surface area is 74.5 Å². The zero-order chi connectivity index (χ0) is 9.40. The molecule has 1 aliphatic heterocycles. The predicted octanol–water partition coefficient (Wildman–Crippen LogP) is 1.33. The van der Waals surface area contributed by atoms with Gasteiger partial charge in [0.15, 0.2) is 0 Å². The summed E-state index contributed by atoms with van der Waals surface area (Å²) in [4.78, 5) is 10.6. The second-order valence-electron chi connectivity index (χ2n) is 2.59. The fourth-order valence-electron chi connectivity index (χ4n) is 1.13. The van der Waals surface area contributed by atoms with E-state index in [1.54, 1.807) is 6.92 Å². The van der Waals surface area contributed by atoms with Crippen molar-refractivity contribution in [3.63, 3.8) is 0 Å². The molecule has 3 heteroatoms. The van der Waals surface area contributed by atoms with Crippen LogP contribution in [-0.4, -0.2) is 25.2 Å². The van der Waals surface area contributed by atoms with Gasteiger partial charge in [-0.2, -0.15) is 0 Å². The van der Waals surface area contributed by atoms with Crippen LogP contribution >= 0.6 is 0 Å². The third-order valence-electron chi connectivity index (χ3n) is 1.63. The van der Waals surface area contributed by atoms with E-state index in [1.165, 1.54) is 0 Å². The van der Waals surface area contributed by atoms with Gasteiger partial charge < -0.3 is 10.1 Å². The summed E-state index contributed by atoms with van der Waals surface area (Å²) in [5, 5.41) is 2.86. The molecule has 0 bridgehead atoms. The fourth-order valence-corrected chi connectivity index (χ4v) is 1.13. The van der Waals surface area contributed by atoms with Crippen molar-refractivity contribution in [2.24, 2.45) is 0 Å². The topological polar surface area (TPSA) is 38.3 Å². The number of nitrogens with one attached hydrogen (secondary N) is 1. The minimum Gasteiger partial charge on any atom is -0.381 e. The summed E-state index contributed by atoms with van der Waals surface area (Å²) in [5.74, 6) is 0.0619. The summed E-state index contributed by atoms with van der Waals surface area (Å²) in [6, 6.07) is 0.353. The first-order valence-electron chi connectivity index (χ1n) is 4.64. The van der Waals surface area contributed by atoms with Gasteiger partial charge in [0, 0.05) is 26.2 Å². The lowest BCUT2D eigenvalue weighted by molar-refractivity contribution is -0.120. The minimum absolute atomic E-state index is 0.0619. The Hall–Kier alpha value is -0.570. The number of amides is 1. The van der Waals surface area contributed by atoms with Crippen LogP contribution in [0.3, 0.4) is 0 Å². The monoisotopic (exact) mass is 173 g/mol. The van der Waals surface area contributed by atoms with Gasteiger partial charge in [0.2, 0.25) is 5.91 Å². The molecule has 0 aromatic carbocycles. The molecule has 1 N–H and O–H groups in total. The Balaban J connectivity index is 0.000000561. The van der Waals surface area contributed by atoms with E-state index in [9.17, 15) is 4.79 Å². The van der Waals surface area contributed by atoms with E-state index >= 15 is 0 Å². The molecule has 1 amide bonds. The third-order valence-corrected chi connectivity index (χ3v) is 1.63. The highest BCUT2D eigenvalue weighted by atomic mass is 16.5. The van der Waals surface area contributed by atoms with Crippen LogP contribution in [0.25, 0.3) is 0 Å². The molecule has 0 atom stereocenters. The van der Waals surface area contributed by atoms with Crippen LogP contribution in [0.1, 0.15) is 33.6 Å². The van der Waals surface area contributed by atoms with Gasteiger partial charge in [-0.15, -0.1) is 0 Å². The van der Waals surface area contributed by atoms with E-state index in [0.29, 0.717) is 6.04 Å². The van der Waals surface area contributed by atoms with Gasteiger partial charge in [-0.05, 0) is 12.8 Å². The van der Waals surface area contributed by atoms with Crippen LogP contribution < -0.4 is 5.32 Å². The van der Waals surface area contributed by atoms with E-state index in [1.807, 2.05) is 13.8 Å². The molecule has 0 aromatic rings. The maximum Gasteiger partial charge on any atom is 0.217 e. The first-order valence-corrected chi connectivity index (χ1v) is 4.64. The molecule has 1 saturated heterocycles. The Kier molecular flexibility index (Phi) is 6.76. The summed E-state index contributed by atoms with van der Waals surface area (Å²) in [5.41, 5.74) is 0. The highest BCUT2D eigenvalue weighted by Gasteiger charge is 2.13. The van der Waals surface area contributed by atoms with Gasteiger partial charge in [-0.25, -0.2) is 0 Å². The predicted molar refractivity (Wildman–Crippen MR) is 49.0 cm³/mol. The van der Waals surface area contributed by atoms with Crippen LogP contribution in [-0.2, 0) is 9.53 Å². The van der Waals surface area contributed by atoms with Gasteiger partial charge >= 0.3 is 0 Å². The zero-order valence-corrected chi connectivity index (χ0v) is 8.22. The SMILES string of the molecule is CC.CC(=O)NC1CCOCC1. The van der Waals surface area contributed by atoms with Crippen molar-refractivity contribution in [3.05, 3.63) is 0 Å². The standard InChI is InChI=1S/C7H13NO2.C2H6/c1-6(9)8-7-2-4-10-5-3-7;1-2/h7H,2-5H2,1H3,(H,8,9);1-2H3. The molecule has 1 aliphatic rings. The summed E-state index contributed by atoms with van der Waals surface area (Å²) in [6.45, 7) is 7.12. The normalized spacial score (nSPS) is 17.6. The van der Waals surface area contributed by atoms with E-state index < -0.39 is 0 Å². The lowest BCUT2D eigenvalue weighted by atomic mass is 10.1. The Morgan fingerprint density at radius 1 is 1.33 bits per heavy atom. The van der Waals surface area contributed by atoms with Crippen LogP contribution in [0.15, 0.2) is 0 Å². The van der Waals surface area contributed by atoms with E-state index in [2.05, 4.69) is 5.32 Å². The second-order valence-corrected chi connectivity index (χ2v) is 2.59. The molecule has 0 spiro atoms. The maximum atomic E-state index is 10.6. The lowest BCUT2D eigenvalue weighted by Crippen LogP contribution is -2.37. The average molecular weight is 173 g/mol. The number of ether oxygens (including phenoxy) is 1. The van der Waals surface area contributed by atoms with Crippen molar-refractivity contribution in [1.82, 2.24) is 5.32 Å². The molecule has 0 aliphatic carbocycles. The molecule has 0 unspecified atom stereocenters. The van der Waals surface area contributed by atoms with Gasteiger partial charge in [-0.3, -0.25) is 4.79 Å². The largest absolute Gasteiger partial charge is 0.381 e. The first kappa shape index (κ1) is 11.4. The molecule has 3 nitrogen and oxygen atoms in total. The molecule has 72 valence electrons. The molecule has 0 radical (unpaired) electrons. The number of hydrogen-bond donors (Lipinski definition) is 1. The summed E-state index contributed by atoms with van der Waals surface area (Å²) in [6.07, 6.45) is 1.92. The maximum absolute atomic E-state index is 10.6. The summed E-state index contributed by atoms with van der Waals surface area (Å²) < 4.78 is 5.13. The fraction of sp³-hybridized carbons (Fsp3) is 0.889. The molecular weight excluding hydrogens is 154 g/mol. The lowest BCUT2D eigenvalue weighted by Gasteiger charge is -2.22. The number of carbonyl (C=O) groups excluding carboxylic acids is 1. The van der Waals surface area contributed by atoms with Crippen LogP contribution in [0, 0.1) is 0 Å². The molecule has 0 saturated carbocycles. The summed E-state index contributed by atoms with van der Waals surface area (Å²) in [7, 11) is 0. The Bertz CT molecular complexity index is 120. The van der Waals surface area contributed by atoms with Crippen LogP contribution in [0.2, 0.25) is 0 Å². The van der Waals surface area contributed by atoms with Gasteiger partial charge in [-0.1, -0.05) is 13.8 Å². The minimum atomic E-state index is 0.0619. The number of hydrogen-bond acceptors (Lipinski definition) is 2. The molecule has 1 fully saturated rings. The number of carbonyl (C=O) groups is 1. The highest BCUT2D eigenvalue weighted by Crippen LogP contribution is 2.05. The smallest absolute Gasteiger partial charge is 0.217 e. The van der Waals surface area contributed by atoms with E-state index in [0.717, 1.165) is 26.1 Å². The van der Waals surface area contributed by atoms with Gasteiger partial charge in [0.25, 0.3) is 0 Å². The van der Waals surface area contributed by atoms with Gasteiger partial charge in [0.1, 0.15) is 0 Å². The molecule has 0 aromatic heterocycles. The van der Waals surface area contributed by atoms with Crippen LogP contribution in [0.4, 0.5) is 0 Å². The average Bonchev–Trinajstić information content (AvgIpc) is 2.08. The molecular formula is C9H19NO2. The highest BCUT2D eigenvalue weighted by molar-refractivity contribution is 5.73. The molecule has 1 rings (SSSR count). The van der Waals surface area contributed by atoms with Crippen molar-refractivity contribution in [3.8, 4) is 0 Å². The van der Waals surface area contributed by atoms with Crippen molar-refractivity contribution in [2.75, 3.05) is 13.2 Å².